The van der Waals surface area contributed by atoms with Crippen molar-refractivity contribution in [3.05, 3.63) is 58.7 Å². The van der Waals surface area contributed by atoms with Crippen LogP contribution in [0.3, 0.4) is 0 Å². The van der Waals surface area contributed by atoms with Gasteiger partial charge in [0.2, 0.25) is 11.6 Å². The Hall–Kier alpha value is -3.07. The molecule has 0 aliphatic carbocycles. The lowest BCUT2D eigenvalue weighted by atomic mass is 9.99. The summed E-state index contributed by atoms with van der Waals surface area (Å²) in [5.41, 5.74) is 0.428. The van der Waals surface area contributed by atoms with E-state index in [1.54, 1.807) is 16.8 Å². The molecular weight excluding hydrogens is 423 g/mol. The van der Waals surface area contributed by atoms with Gasteiger partial charge in [0, 0.05) is 37.5 Å². The van der Waals surface area contributed by atoms with Gasteiger partial charge in [-0.2, -0.15) is 0 Å². The van der Waals surface area contributed by atoms with Gasteiger partial charge in [-0.25, -0.2) is 4.39 Å². The zero-order valence-corrected chi connectivity index (χ0v) is 19.0. The third-order valence-corrected chi connectivity index (χ3v) is 6.30. The molecule has 1 N–H and O–H groups in total. The Kier molecular flexibility index (Phi) is 7.49. The first kappa shape index (κ1) is 23.1. The average Bonchev–Trinajstić information content (AvgIpc) is 3.23. The van der Waals surface area contributed by atoms with E-state index in [0.29, 0.717) is 37.3 Å². The zero-order valence-electron chi connectivity index (χ0n) is 19.0. The maximum Gasteiger partial charge on any atom is 0.300 e. The van der Waals surface area contributed by atoms with Gasteiger partial charge < -0.3 is 10.2 Å². The second-order valence-corrected chi connectivity index (χ2v) is 8.84. The SMILES string of the molecule is CC1CCN(CCCNC(=O)CCCc2nnc3c(=O)n(-c4ccc(F)cc4)ccn23)CC1. The number of rotatable bonds is 9. The number of piperidine rings is 1. The highest BCUT2D eigenvalue weighted by molar-refractivity contribution is 5.75. The fourth-order valence-electron chi connectivity index (χ4n) is 4.22. The van der Waals surface area contributed by atoms with Crippen molar-refractivity contribution in [3.8, 4) is 5.69 Å². The summed E-state index contributed by atoms with van der Waals surface area (Å²) < 4.78 is 16.2. The molecule has 9 heteroatoms. The van der Waals surface area contributed by atoms with Gasteiger partial charge in [0.1, 0.15) is 11.6 Å². The molecule has 2 aromatic heterocycles. The molecule has 1 aliphatic heterocycles. The van der Waals surface area contributed by atoms with E-state index >= 15 is 0 Å². The number of carbonyl (C=O) groups is 1. The number of benzene rings is 1. The van der Waals surface area contributed by atoms with Crippen LogP contribution in [0.2, 0.25) is 0 Å². The predicted molar refractivity (Wildman–Crippen MR) is 124 cm³/mol. The smallest absolute Gasteiger partial charge is 0.300 e. The monoisotopic (exact) mass is 454 g/mol. The van der Waals surface area contributed by atoms with Crippen molar-refractivity contribution in [2.45, 2.75) is 45.4 Å². The van der Waals surface area contributed by atoms with Crippen LogP contribution in [0.25, 0.3) is 11.3 Å². The van der Waals surface area contributed by atoms with Crippen molar-refractivity contribution in [3.63, 3.8) is 0 Å². The topological polar surface area (TPSA) is 84.5 Å². The van der Waals surface area contributed by atoms with Crippen molar-refractivity contribution >= 4 is 11.6 Å². The number of carbonyl (C=O) groups excluding carboxylic acids is 1. The molecule has 0 saturated carbocycles. The summed E-state index contributed by atoms with van der Waals surface area (Å²) in [6.07, 6.45) is 8.41. The number of nitrogens with one attached hydrogen (secondary N) is 1. The van der Waals surface area contributed by atoms with Gasteiger partial charge in [-0.3, -0.25) is 18.6 Å². The quantitative estimate of drug-likeness (QED) is 0.503. The summed E-state index contributed by atoms with van der Waals surface area (Å²) in [5, 5.41) is 11.2. The van der Waals surface area contributed by atoms with Gasteiger partial charge in [-0.1, -0.05) is 6.92 Å². The van der Waals surface area contributed by atoms with Gasteiger partial charge in [0.25, 0.3) is 0 Å². The number of hydrogen-bond donors (Lipinski definition) is 1. The molecule has 1 amide bonds. The molecule has 8 nitrogen and oxygen atoms in total. The molecule has 1 aromatic carbocycles. The Morgan fingerprint density at radius 2 is 1.88 bits per heavy atom. The molecule has 1 saturated heterocycles. The van der Waals surface area contributed by atoms with Crippen LogP contribution in [0.1, 0.15) is 44.9 Å². The van der Waals surface area contributed by atoms with E-state index in [1.807, 2.05) is 0 Å². The Labute approximate surface area is 192 Å². The number of aryl methyl sites for hydroxylation is 1. The summed E-state index contributed by atoms with van der Waals surface area (Å²) in [5.74, 6) is 1.15. The van der Waals surface area contributed by atoms with Crippen molar-refractivity contribution in [2.24, 2.45) is 5.92 Å². The molecular formula is C24H31FN6O2. The van der Waals surface area contributed by atoms with Crippen molar-refractivity contribution in [1.29, 1.82) is 0 Å². The third kappa shape index (κ3) is 5.84. The molecule has 1 aliphatic rings. The maximum atomic E-state index is 13.2. The first-order valence-corrected chi connectivity index (χ1v) is 11.7. The number of fused-ring (bicyclic) bond motifs is 1. The number of nitrogens with zero attached hydrogens (tertiary/aromatic N) is 5. The highest BCUT2D eigenvalue weighted by atomic mass is 19.1. The number of amides is 1. The molecule has 0 bridgehead atoms. The molecule has 3 aromatic rings. The summed E-state index contributed by atoms with van der Waals surface area (Å²) in [6.45, 7) is 6.37. The molecule has 0 atom stereocenters. The standard InChI is InChI=1S/C24H31FN6O2/c1-18-10-14-29(15-11-18)13-3-12-26-22(32)5-2-4-21-27-28-23-24(33)30(16-17-31(21)23)20-8-6-19(25)7-9-20/h6-9,16-18H,2-5,10-15H2,1H3,(H,26,32). The van der Waals surface area contributed by atoms with Crippen LogP contribution in [-0.4, -0.2) is 56.2 Å². The highest BCUT2D eigenvalue weighted by Crippen LogP contribution is 2.15. The molecule has 176 valence electrons. The minimum absolute atomic E-state index is 0.0368. The van der Waals surface area contributed by atoms with Crippen molar-refractivity contribution in [1.82, 2.24) is 29.4 Å². The van der Waals surface area contributed by atoms with Crippen LogP contribution in [0.4, 0.5) is 4.39 Å². The first-order valence-electron chi connectivity index (χ1n) is 11.7. The summed E-state index contributed by atoms with van der Waals surface area (Å²) in [4.78, 5) is 27.4. The van der Waals surface area contributed by atoms with Gasteiger partial charge in [0.05, 0.1) is 0 Å². The van der Waals surface area contributed by atoms with Gasteiger partial charge in [-0.15, -0.1) is 10.2 Å². The van der Waals surface area contributed by atoms with E-state index in [0.717, 1.165) is 32.0 Å². The van der Waals surface area contributed by atoms with Crippen LogP contribution in [0.15, 0.2) is 41.5 Å². The lowest BCUT2D eigenvalue weighted by molar-refractivity contribution is -0.121. The van der Waals surface area contributed by atoms with Gasteiger partial charge in [0.15, 0.2) is 0 Å². The van der Waals surface area contributed by atoms with Gasteiger partial charge >= 0.3 is 5.56 Å². The normalized spacial score (nSPS) is 15.2. The van der Waals surface area contributed by atoms with Crippen molar-refractivity contribution < 1.29 is 9.18 Å². The summed E-state index contributed by atoms with van der Waals surface area (Å²) >= 11 is 0. The lowest BCUT2D eigenvalue weighted by Gasteiger charge is -2.30. The number of hydrogen-bond acceptors (Lipinski definition) is 5. The molecule has 33 heavy (non-hydrogen) atoms. The minimum Gasteiger partial charge on any atom is -0.356 e. The van der Waals surface area contributed by atoms with Crippen LogP contribution < -0.4 is 10.9 Å². The fourth-order valence-corrected chi connectivity index (χ4v) is 4.22. The first-order chi connectivity index (χ1) is 16.0. The number of likely N-dealkylation sites (tertiary alicyclic amines) is 1. The van der Waals surface area contributed by atoms with E-state index in [9.17, 15) is 14.0 Å². The maximum absolute atomic E-state index is 13.2. The minimum atomic E-state index is -0.363. The van der Waals surface area contributed by atoms with Crippen molar-refractivity contribution in [2.75, 3.05) is 26.2 Å². The predicted octanol–water partition coefficient (Wildman–Crippen LogP) is 2.58. The van der Waals surface area contributed by atoms with Crippen LogP contribution in [0, 0.1) is 11.7 Å². The Bertz CT molecular complexity index is 1130. The second-order valence-electron chi connectivity index (χ2n) is 8.84. The van der Waals surface area contributed by atoms with Crippen LogP contribution in [-0.2, 0) is 11.2 Å². The Balaban J connectivity index is 1.24. The average molecular weight is 455 g/mol. The zero-order chi connectivity index (χ0) is 23.2. The Morgan fingerprint density at radius 1 is 1.12 bits per heavy atom. The second kappa shape index (κ2) is 10.7. The van der Waals surface area contributed by atoms with E-state index in [4.69, 9.17) is 0 Å². The third-order valence-electron chi connectivity index (χ3n) is 6.30. The highest BCUT2D eigenvalue weighted by Gasteiger charge is 2.15. The van der Waals surface area contributed by atoms with E-state index in [2.05, 4.69) is 27.3 Å². The van der Waals surface area contributed by atoms with Gasteiger partial charge in [-0.05, 0) is 75.5 Å². The lowest BCUT2D eigenvalue weighted by Crippen LogP contribution is -2.35. The largest absolute Gasteiger partial charge is 0.356 e. The molecule has 3 heterocycles. The summed E-state index contributed by atoms with van der Waals surface area (Å²) in [7, 11) is 0. The van der Waals surface area contributed by atoms with E-state index < -0.39 is 0 Å². The molecule has 4 rings (SSSR count). The van der Waals surface area contributed by atoms with E-state index in [1.165, 1.54) is 41.7 Å². The molecule has 0 spiro atoms. The number of aromatic nitrogens is 4. The molecule has 0 unspecified atom stereocenters. The van der Waals surface area contributed by atoms with Crippen LogP contribution in [0.5, 0.6) is 0 Å². The van der Waals surface area contributed by atoms with E-state index in [-0.39, 0.29) is 22.9 Å². The van der Waals surface area contributed by atoms with Crippen LogP contribution >= 0.6 is 0 Å². The molecule has 1 fully saturated rings. The fraction of sp³-hybridized carbons (Fsp3) is 0.500. The Morgan fingerprint density at radius 3 is 2.64 bits per heavy atom. The molecule has 0 radical (unpaired) electrons. The number of halogens is 1. The summed E-state index contributed by atoms with van der Waals surface area (Å²) in [6, 6.07) is 5.69.